The number of hydroxylamine groups is 1. The highest BCUT2D eigenvalue weighted by Gasteiger charge is 2.27. The molecule has 1 aliphatic heterocycles. The maximum absolute atomic E-state index is 12.2. The Morgan fingerprint density at radius 1 is 1.28 bits per heavy atom. The molecule has 0 aliphatic carbocycles. The number of nitrogens with zero attached hydrogens (tertiary/aromatic N) is 2. The van der Waals surface area contributed by atoms with Gasteiger partial charge in [-0.05, 0) is 30.5 Å². The first-order chi connectivity index (χ1) is 8.64. The summed E-state index contributed by atoms with van der Waals surface area (Å²) >= 11 is 0. The third-order valence-electron chi connectivity index (χ3n) is 2.74. The average Bonchev–Trinajstić information content (AvgIpc) is 2.41. The van der Waals surface area contributed by atoms with E-state index >= 15 is 0 Å². The van der Waals surface area contributed by atoms with Gasteiger partial charge in [0.25, 0.3) is 10.0 Å². The molecule has 1 aliphatic rings. The summed E-state index contributed by atoms with van der Waals surface area (Å²) in [6, 6.07) is 8.35. The molecule has 0 radical (unpaired) electrons. The van der Waals surface area contributed by atoms with Crippen molar-refractivity contribution in [2.24, 2.45) is 0 Å². The van der Waals surface area contributed by atoms with Crippen molar-refractivity contribution in [3.63, 3.8) is 0 Å². The van der Waals surface area contributed by atoms with Gasteiger partial charge in [0.15, 0.2) is 0 Å². The fraction of sp³-hybridized carbons (Fsp3) is 0.417. The monoisotopic (exact) mass is 266 g/mol. The van der Waals surface area contributed by atoms with Gasteiger partial charge < -0.3 is 0 Å². The van der Waals surface area contributed by atoms with Gasteiger partial charge in [0.05, 0.1) is 24.0 Å². The molecule has 6 heteroatoms. The van der Waals surface area contributed by atoms with Gasteiger partial charge in [-0.3, -0.25) is 4.84 Å². The van der Waals surface area contributed by atoms with Crippen LogP contribution < -0.4 is 0 Å². The van der Waals surface area contributed by atoms with Crippen molar-refractivity contribution in [1.82, 2.24) is 4.47 Å². The third-order valence-corrected chi connectivity index (χ3v) is 4.43. The Kier molecular flexibility index (Phi) is 3.97. The van der Waals surface area contributed by atoms with Crippen molar-refractivity contribution in [1.29, 1.82) is 5.26 Å². The molecule has 0 unspecified atom stereocenters. The zero-order chi connectivity index (χ0) is 13.0. The molecule has 2 rings (SSSR count). The molecule has 18 heavy (non-hydrogen) atoms. The van der Waals surface area contributed by atoms with Crippen LogP contribution in [-0.4, -0.2) is 26.0 Å². The van der Waals surface area contributed by atoms with Gasteiger partial charge in [0.1, 0.15) is 0 Å². The normalized spacial score (nSPS) is 17.3. The van der Waals surface area contributed by atoms with Crippen molar-refractivity contribution < 1.29 is 13.3 Å². The number of hydrogen-bond acceptors (Lipinski definition) is 4. The molecule has 0 aromatic heterocycles. The van der Waals surface area contributed by atoms with E-state index in [9.17, 15) is 8.42 Å². The first kappa shape index (κ1) is 13.0. The molecule has 0 atom stereocenters. The molecule has 0 N–H and O–H groups in total. The summed E-state index contributed by atoms with van der Waals surface area (Å²) in [5.41, 5.74) is 0.802. The smallest absolute Gasteiger partial charge is 0.265 e. The molecule has 1 saturated heterocycles. The van der Waals surface area contributed by atoms with Crippen molar-refractivity contribution in [3.8, 4) is 6.07 Å². The fourth-order valence-electron chi connectivity index (χ4n) is 1.75. The quantitative estimate of drug-likeness (QED) is 0.830. The Bertz CT molecular complexity index is 540. The number of benzene rings is 1. The Morgan fingerprint density at radius 2 is 2.00 bits per heavy atom. The predicted molar refractivity (Wildman–Crippen MR) is 64.8 cm³/mol. The van der Waals surface area contributed by atoms with E-state index in [0.717, 1.165) is 22.9 Å². The Balaban J connectivity index is 2.21. The molecule has 0 spiro atoms. The fourth-order valence-corrected chi connectivity index (χ4v) is 3.05. The molecule has 0 amide bonds. The van der Waals surface area contributed by atoms with Gasteiger partial charge in [-0.1, -0.05) is 16.6 Å². The highest BCUT2D eigenvalue weighted by molar-refractivity contribution is 7.89. The van der Waals surface area contributed by atoms with E-state index in [0.29, 0.717) is 13.2 Å². The van der Waals surface area contributed by atoms with Crippen LogP contribution in [0.4, 0.5) is 0 Å². The van der Waals surface area contributed by atoms with Gasteiger partial charge in [0, 0.05) is 6.54 Å². The van der Waals surface area contributed by atoms with Gasteiger partial charge in [-0.15, -0.1) is 0 Å². The molecule has 1 aromatic carbocycles. The zero-order valence-electron chi connectivity index (χ0n) is 9.87. The Labute approximate surface area is 107 Å². The van der Waals surface area contributed by atoms with Gasteiger partial charge in [-0.25, -0.2) is 8.42 Å². The summed E-state index contributed by atoms with van der Waals surface area (Å²) in [6.07, 6.45) is 1.97. The second-order valence-corrected chi connectivity index (χ2v) is 5.88. The molecule has 96 valence electrons. The second-order valence-electron chi connectivity index (χ2n) is 4.05. The second kappa shape index (κ2) is 5.48. The summed E-state index contributed by atoms with van der Waals surface area (Å²) in [6.45, 7) is 0.827. The predicted octanol–water partition coefficient (Wildman–Crippen LogP) is 1.47. The Hall–Kier alpha value is -1.42. The molecular weight excluding hydrogens is 252 g/mol. The van der Waals surface area contributed by atoms with E-state index in [4.69, 9.17) is 10.1 Å². The van der Waals surface area contributed by atoms with Crippen LogP contribution in [0.15, 0.2) is 29.2 Å². The SMILES string of the molecule is N#CCc1ccc(S(=O)(=O)N2CCCCO2)cc1. The van der Waals surface area contributed by atoms with E-state index in [2.05, 4.69) is 0 Å². The summed E-state index contributed by atoms with van der Waals surface area (Å²) in [5, 5.41) is 8.56. The zero-order valence-corrected chi connectivity index (χ0v) is 10.7. The van der Waals surface area contributed by atoms with Crippen LogP contribution >= 0.6 is 0 Å². The van der Waals surface area contributed by atoms with Crippen molar-refractivity contribution in [3.05, 3.63) is 29.8 Å². The first-order valence-corrected chi connectivity index (χ1v) is 7.20. The number of hydrogen-bond donors (Lipinski definition) is 0. The molecule has 1 fully saturated rings. The molecule has 0 saturated carbocycles. The van der Waals surface area contributed by atoms with E-state index < -0.39 is 10.0 Å². The summed E-state index contributed by atoms with van der Waals surface area (Å²) < 4.78 is 25.4. The van der Waals surface area contributed by atoms with E-state index in [1.54, 1.807) is 12.1 Å². The number of rotatable bonds is 3. The minimum Gasteiger partial charge on any atom is -0.284 e. The highest BCUT2D eigenvalue weighted by atomic mass is 32.2. The summed E-state index contributed by atoms with van der Waals surface area (Å²) in [7, 11) is -3.57. The van der Waals surface area contributed by atoms with Crippen LogP contribution in [-0.2, 0) is 21.3 Å². The van der Waals surface area contributed by atoms with E-state index in [1.165, 1.54) is 12.1 Å². The molecule has 5 nitrogen and oxygen atoms in total. The maximum atomic E-state index is 12.2. The lowest BCUT2D eigenvalue weighted by molar-refractivity contribution is -0.108. The molecule has 1 heterocycles. The van der Waals surface area contributed by atoms with Crippen LogP contribution in [0.5, 0.6) is 0 Å². The lowest BCUT2D eigenvalue weighted by Gasteiger charge is -2.25. The van der Waals surface area contributed by atoms with E-state index in [1.807, 2.05) is 6.07 Å². The van der Waals surface area contributed by atoms with Crippen LogP contribution in [0.3, 0.4) is 0 Å². The summed E-state index contributed by atoms with van der Waals surface area (Å²) in [4.78, 5) is 5.37. The topological polar surface area (TPSA) is 70.4 Å². The lowest BCUT2D eigenvalue weighted by atomic mass is 10.2. The van der Waals surface area contributed by atoms with Gasteiger partial charge >= 0.3 is 0 Å². The third kappa shape index (κ3) is 2.70. The highest BCUT2D eigenvalue weighted by Crippen LogP contribution is 2.20. The van der Waals surface area contributed by atoms with Crippen LogP contribution in [0.25, 0.3) is 0 Å². The lowest BCUT2D eigenvalue weighted by Crippen LogP contribution is -2.35. The molecule has 1 aromatic rings. The van der Waals surface area contributed by atoms with Crippen molar-refractivity contribution in [2.75, 3.05) is 13.2 Å². The van der Waals surface area contributed by atoms with Crippen molar-refractivity contribution >= 4 is 10.0 Å². The molecular formula is C12H14N2O3S. The standard InChI is InChI=1S/C12H14N2O3S/c13-8-7-11-3-5-12(6-4-11)18(15,16)14-9-1-2-10-17-14/h3-6H,1-2,7,9-10H2. The van der Waals surface area contributed by atoms with Crippen LogP contribution in [0.2, 0.25) is 0 Å². The van der Waals surface area contributed by atoms with Crippen LogP contribution in [0, 0.1) is 11.3 Å². The van der Waals surface area contributed by atoms with E-state index in [-0.39, 0.29) is 11.3 Å². The van der Waals surface area contributed by atoms with Gasteiger partial charge in [-0.2, -0.15) is 5.26 Å². The number of nitriles is 1. The van der Waals surface area contributed by atoms with Crippen LogP contribution in [0.1, 0.15) is 18.4 Å². The average molecular weight is 266 g/mol. The van der Waals surface area contributed by atoms with Crippen molar-refractivity contribution in [2.45, 2.75) is 24.2 Å². The molecule has 0 bridgehead atoms. The first-order valence-electron chi connectivity index (χ1n) is 5.76. The minimum atomic E-state index is -3.57. The Morgan fingerprint density at radius 3 is 2.56 bits per heavy atom. The van der Waals surface area contributed by atoms with Gasteiger partial charge in [0.2, 0.25) is 0 Å². The maximum Gasteiger partial charge on any atom is 0.265 e. The number of sulfonamides is 1. The largest absolute Gasteiger partial charge is 0.284 e. The minimum absolute atomic E-state index is 0.200. The summed E-state index contributed by atoms with van der Waals surface area (Å²) in [5.74, 6) is 0.